The van der Waals surface area contributed by atoms with Crippen LogP contribution in [0.15, 0.2) is 41.3 Å². The van der Waals surface area contributed by atoms with Crippen LogP contribution in [0.4, 0.5) is 5.82 Å². The molecular weight excluding hydrogens is 626 g/mol. The van der Waals surface area contributed by atoms with Crippen LogP contribution < -0.4 is 5.32 Å². The van der Waals surface area contributed by atoms with Crippen LogP contribution in [0.2, 0.25) is 0 Å². The number of hydrogen-bond acceptors (Lipinski definition) is 8. The number of Topliss-reactive ketones (excluding diaryl/α,β-unsaturated/α-hetero) is 2. The predicted octanol–water partition coefficient (Wildman–Crippen LogP) is 5.08. The molecule has 6 rings (SSSR count). The van der Waals surface area contributed by atoms with Crippen LogP contribution in [0.3, 0.4) is 0 Å². The number of aromatic nitrogens is 5. The van der Waals surface area contributed by atoms with Gasteiger partial charge in [-0.3, -0.25) is 23.9 Å². The molecule has 1 saturated carbocycles. The lowest BCUT2D eigenvalue weighted by molar-refractivity contribution is -0.138. The van der Waals surface area contributed by atoms with E-state index in [1.54, 1.807) is 35.0 Å². The van der Waals surface area contributed by atoms with E-state index in [4.69, 9.17) is 0 Å². The normalized spacial score (nSPS) is 20.5. The maximum atomic E-state index is 13.9. The highest BCUT2D eigenvalue weighted by atomic mass is 79.9. The third-order valence-corrected chi connectivity index (χ3v) is 9.18. The van der Waals surface area contributed by atoms with Gasteiger partial charge in [-0.2, -0.15) is 5.10 Å². The van der Waals surface area contributed by atoms with Gasteiger partial charge in [-0.05, 0) is 82.9 Å². The van der Waals surface area contributed by atoms with Crippen molar-refractivity contribution in [2.24, 2.45) is 5.41 Å². The Kier molecular flexibility index (Phi) is 7.43. The summed E-state index contributed by atoms with van der Waals surface area (Å²) in [6.45, 7) is 8.94. The SMILES string of the molecule is CCC(=O)c1ncc(-c2cc(C)c3c(c2)c(C(C)=O)nn3CC(=O)N2[C@H](C(=O)Nc3nc(Br)ccc3C)C[C@@]3(C)C[C@@H]23)cn1. The lowest BCUT2D eigenvalue weighted by Crippen LogP contribution is -2.47. The lowest BCUT2D eigenvalue weighted by Gasteiger charge is -2.27. The molecule has 2 aliphatic rings. The van der Waals surface area contributed by atoms with Crippen LogP contribution in [0.1, 0.15) is 72.3 Å². The summed E-state index contributed by atoms with van der Waals surface area (Å²) in [5.74, 6) is -0.267. The molecular formula is C32H32BrN7O4. The molecule has 1 saturated heterocycles. The molecule has 12 heteroatoms. The molecule has 1 aliphatic heterocycles. The summed E-state index contributed by atoms with van der Waals surface area (Å²) >= 11 is 3.35. The third-order valence-electron chi connectivity index (χ3n) is 8.74. The largest absolute Gasteiger partial charge is 0.325 e. The van der Waals surface area contributed by atoms with Crippen molar-refractivity contribution in [3.8, 4) is 11.1 Å². The van der Waals surface area contributed by atoms with Gasteiger partial charge in [0.15, 0.2) is 17.4 Å². The van der Waals surface area contributed by atoms with Crippen molar-refractivity contribution in [1.82, 2.24) is 29.6 Å². The van der Waals surface area contributed by atoms with Gasteiger partial charge in [0.2, 0.25) is 11.8 Å². The number of pyridine rings is 1. The monoisotopic (exact) mass is 657 g/mol. The van der Waals surface area contributed by atoms with Gasteiger partial charge in [-0.1, -0.05) is 19.9 Å². The molecule has 3 aromatic heterocycles. The lowest BCUT2D eigenvalue weighted by atomic mass is 10.0. The van der Waals surface area contributed by atoms with Crippen LogP contribution in [0, 0.1) is 19.3 Å². The van der Waals surface area contributed by atoms with E-state index in [1.807, 2.05) is 32.0 Å². The molecule has 0 bridgehead atoms. The Morgan fingerprint density at radius 3 is 2.45 bits per heavy atom. The van der Waals surface area contributed by atoms with E-state index in [2.05, 4.69) is 48.2 Å². The maximum Gasteiger partial charge on any atom is 0.248 e. The summed E-state index contributed by atoms with van der Waals surface area (Å²) in [7, 11) is 0. The van der Waals surface area contributed by atoms with Crippen LogP contribution in [-0.2, 0) is 16.1 Å². The van der Waals surface area contributed by atoms with Gasteiger partial charge in [0.25, 0.3) is 0 Å². The molecule has 3 atom stereocenters. The van der Waals surface area contributed by atoms with Gasteiger partial charge >= 0.3 is 0 Å². The number of benzene rings is 1. The number of nitrogens with one attached hydrogen (secondary N) is 1. The molecule has 0 unspecified atom stereocenters. The first-order valence-electron chi connectivity index (χ1n) is 14.5. The fourth-order valence-corrected chi connectivity index (χ4v) is 6.56. The summed E-state index contributed by atoms with van der Waals surface area (Å²) in [5, 5.41) is 8.12. The highest BCUT2D eigenvalue weighted by Gasteiger charge is 2.64. The molecule has 0 spiro atoms. The quantitative estimate of drug-likeness (QED) is 0.204. The van der Waals surface area contributed by atoms with E-state index in [0.29, 0.717) is 39.7 Å². The van der Waals surface area contributed by atoms with Gasteiger partial charge in [0.1, 0.15) is 28.7 Å². The molecule has 1 N–H and O–H groups in total. The minimum absolute atomic E-state index is 0.0355. The summed E-state index contributed by atoms with van der Waals surface area (Å²) in [4.78, 5) is 66.6. The first-order valence-corrected chi connectivity index (χ1v) is 15.3. The molecule has 2 fully saturated rings. The second-order valence-corrected chi connectivity index (χ2v) is 12.8. The number of nitrogens with zero attached hydrogens (tertiary/aromatic N) is 6. The van der Waals surface area contributed by atoms with Crippen molar-refractivity contribution in [2.45, 2.75) is 72.5 Å². The standard InChI is InChI=1S/C32H32BrN7O4/c1-6-23(42)30-34-13-20(14-35-30)19-9-17(3)28-21(10-19)27(18(4)41)38-39(28)15-26(43)40-22(11-32(5)12-24(32)40)31(44)37-29-16(2)7-8-25(33)36-29/h7-10,13-14,22,24H,6,11-12,15H2,1-5H3,(H,36,37,44)/t22-,24+,32-/m0/s1. The first-order chi connectivity index (χ1) is 20.9. The molecule has 1 aromatic carbocycles. The minimum atomic E-state index is -0.643. The Labute approximate surface area is 262 Å². The molecule has 226 valence electrons. The number of likely N-dealkylation sites (tertiary alicyclic amines) is 1. The first kappa shape index (κ1) is 29.7. The molecule has 1 aliphatic carbocycles. The smallest absolute Gasteiger partial charge is 0.248 e. The fraction of sp³-hybridized carbons (Fsp3) is 0.375. The van der Waals surface area contributed by atoms with Crippen molar-refractivity contribution in [3.05, 3.63) is 63.9 Å². The number of hydrogen-bond donors (Lipinski definition) is 1. The van der Waals surface area contributed by atoms with Gasteiger partial charge in [-0.15, -0.1) is 0 Å². The Hall–Kier alpha value is -4.32. The number of halogens is 1. The van der Waals surface area contributed by atoms with E-state index in [1.165, 1.54) is 6.92 Å². The van der Waals surface area contributed by atoms with Gasteiger partial charge < -0.3 is 10.2 Å². The second kappa shape index (κ2) is 11.0. The number of ketones is 2. The van der Waals surface area contributed by atoms with Crippen LogP contribution in [0.25, 0.3) is 22.0 Å². The summed E-state index contributed by atoms with van der Waals surface area (Å²) in [6, 6.07) is 6.75. The van der Waals surface area contributed by atoms with Crippen LogP contribution >= 0.6 is 15.9 Å². The van der Waals surface area contributed by atoms with Gasteiger partial charge in [0, 0.05) is 42.7 Å². The average molecular weight is 659 g/mol. The Balaban J connectivity index is 1.30. The maximum absolute atomic E-state index is 13.9. The van der Waals surface area contributed by atoms with E-state index < -0.39 is 6.04 Å². The molecule has 4 heterocycles. The average Bonchev–Trinajstić information content (AvgIpc) is 3.34. The predicted molar refractivity (Wildman–Crippen MR) is 167 cm³/mol. The number of carbonyl (C=O) groups excluding carboxylic acids is 4. The van der Waals surface area contributed by atoms with Crippen LogP contribution in [-0.4, -0.2) is 65.1 Å². The highest BCUT2D eigenvalue weighted by Crippen LogP contribution is 2.59. The number of anilines is 1. The van der Waals surface area contributed by atoms with Crippen molar-refractivity contribution in [1.29, 1.82) is 0 Å². The minimum Gasteiger partial charge on any atom is -0.325 e. The third kappa shape index (κ3) is 5.21. The Morgan fingerprint density at radius 1 is 1.05 bits per heavy atom. The zero-order chi connectivity index (χ0) is 31.5. The highest BCUT2D eigenvalue weighted by molar-refractivity contribution is 9.10. The van der Waals surface area contributed by atoms with Crippen molar-refractivity contribution in [3.63, 3.8) is 0 Å². The number of aryl methyl sites for hydroxylation is 2. The molecule has 4 aromatic rings. The molecule has 44 heavy (non-hydrogen) atoms. The van der Waals surface area contributed by atoms with E-state index >= 15 is 0 Å². The zero-order valence-electron chi connectivity index (χ0n) is 25.1. The number of piperidine rings is 1. The van der Waals surface area contributed by atoms with E-state index in [9.17, 15) is 19.2 Å². The topological polar surface area (TPSA) is 140 Å². The van der Waals surface area contributed by atoms with Gasteiger partial charge in [-0.25, -0.2) is 15.0 Å². The number of carbonyl (C=O) groups is 4. The van der Waals surface area contributed by atoms with Gasteiger partial charge in [0.05, 0.1) is 5.52 Å². The summed E-state index contributed by atoms with van der Waals surface area (Å²) < 4.78 is 2.18. The van der Waals surface area contributed by atoms with Crippen molar-refractivity contribution >= 4 is 56.0 Å². The molecule has 11 nitrogen and oxygen atoms in total. The summed E-state index contributed by atoms with van der Waals surface area (Å²) in [5.41, 5.74) is 3.88. The van der Waals surface area contributed by atoms with E-state index in [-0.39, 0.29) is 52.9 Å². The zero-order valence-corrected chi connectivity index (χ0v) is 26.7. The number of rotatable bonds is 8. The van der Waals surface area contributed by atoms with Crippen molar-refractivity contribution < 1.29 is 19.2 Å². The second-order valence-electron chi connectivity index (χ2n) is 12.0. The number of fused-ring (bicyclic) bond motifs is 2. The fourth-order valence-electron chi connectivity index (χ4n) is 6.25. The van der Waals surface area contributed by atoms with Crippen LogP contribution in [0.5, 0.6) is 0 Å². The Bertz CT molecular complexity index is 1870. The van der Waals surface area contributed by atoms with Crippen molar-refractivity contribution in [2.75, 3.05) is 5.32 Å². The Morgan fingerprint density at radius 2 is 1.77 bits per heavy atom. The molecule has 2 amide bonds. The van der Waals surface area contributed by atoms with E-state index in [0.717, 1.165) is 23.1 Å². The number of amides is 2. The summed E-state index contributed by atoms with van der Waals surface area (Å²) in [6.07, 6.45) is 4.90. The molecule has 0 radical (unpaired) electrons.